The van der Waals surface area contributed by atoms with Gasteiger partial charge in [-0.1, -0.05) is 23.8 Å². The number of aryl methyl sites for hydroxylation is 1. The maximum atomic E-state index is 5.75. The number of thiocarbonyl (C=S) groups is 1. The minimum atomic E-state index is 0.00279. The Morgan fingerprint density at radius 1 is 1.07 bits per heavy atom. The van der Waals surface area contributed by atoms with E-state index in [9.17, 15) is 0 Å². The van der Waals surface area contributed by atoms with Crippen molar-refractivity contribution in [3.05, 3.63) is 83.9 Å². The van der Waals surface area contributed by atoms with E-state index in [4.69, 9.17) is 12.2 Å². The normalized spacial score (nSPS) is 19.6. The molecular weight excluding hydrogens is 352 g/mol. The highest BCUT2D eigenvalue weighted by Gasteiger charge is 2.41. The molecular formula is C22H24N4S. The molecule has 1 fully saturated rings. The third kappa shape index (κ3) is 3.35. The summed E-state index contributed by atoms with van der Waals surface area (Å²) in [5, 5.41) is 4.24. The van der Waals surface area contributed by atoms with E-state index >= 15 is 0 Å². The summed E-state index contributed by atoms with van der Waals surface area (Å²) in [5.74, 6) is 0. The number of rotatable bonds is 4. The average Bonchev–Trinajstić information content (AvgIpc) is 3.28. The van der Waals surface area contributed by atoms with Crippen molar-refractivity contribution in [2.75, 3.05) is 4.90 Å². The number of benzene rings is 1. The molecule has 1 N–H and O–H groups in total. The molecule has 1 aromatic carbocycles. The van der Waals surface area contributed by atoms with Crippen LogP contribution in [-0.4, -0.2) is 14.7 Å². The second kappa shape index (κ2) is 7.16. The van der Waals surface area contributed by atoms with Crippen molar-refractivity contribution in [3.63, 3.8) is 0 Å². The molecule has 2 aromatic heterocycles. The minimum Gasteiger partial charge on any atom is -0.351 e. The molecule has 0 radical (unpaired) electrons. The maximum absolute atomic E-state index is 5.75. The van der Waals surface area contributed by atoms with E-state index in [-0.39, 0.29) is 12.1 Å². The van der Waals surface area contributed by atoms with Crippen LogP contribution in [0.25, 0.3) is 0 Å². The molecule has 27 heavy (non-hydrogen) atoms. The second-order valence-electron chi connectivity index (χ2n) is 7.32. The molecule has 3 heterocycles. The number of hydrogen-bond donors (Lipinski definition) is 1. The summed E-state index contributed by atoms with van der Waals surface area (Å²) in [5.41, 5.74) is 4.56. The monoisotopic (exact) mass is 376 g/mol. The Hall–Kier alpha value is -2.66. The van der Waals surface area contributed by atoms with Crippen LogP contribution in [0.1, 0.15) is 48.8 Å². The van der Waals surface area contributed by atoms with Gasteiger partial charge >= 0.3 is 0 Å². The number of nitrogens with one attached hydrogen (secondary N) is 1. The molecule has 5 heteroatoms. The molecule has 0 spiro atoms. The van der Waals surface area contributed by atoms with Crippen LogP contribution in [0, 0.1) is 6.92 Å². The Morgan fingerprint density at radius 3 is 2.48 bits per heavy atom. The molecule has 0 bridgehead atoms. The van der Waals surface area contributed by atoms with Gasteiger partial charge in [-0.3, -0.25) is 4.98 Å². The first kappa shape index (κ1) is 17.7. The predicted molar refractivity (Wildman–Crippen MR) is 114 cm³/mol. The summed E-state index contributed by atoms with van der Waals surface area (Å²) in [6, 6.07) is 17.2. The zero-order chi connectivity index (χ0) is 19.0. The molecule has 4 nitrogen and oxygen atoms in total. The fourth-order valence-corrected chi connectivity index (χ4v) is 3.95. The van der Waals surface area contributed by atoms with Gasteiger partial charge in [0.1, 0.15) is 0 Å². The van der Waals surface area contributed by atoms with E-state index in [0.717, 1.165) is 16.5 Å². The van der Waals surface area contributed by atoms with Crippen molar-refractivity contribution in [2.45, 2.75) is 38.9 Å². The van der Waals surface area contributed by atoms with Gasteiger partial charge in [-0.2, -0.15) is 0 Å². The number of hydrogen-bond acceptors (Lipinski definition) is 2. The van der Waals surface area contributed by atoms with Crippen LogP contribution in [-0.2, 0) is 0 Å². The zero-order valence-corrected chi connectivity index (χ0v) is 16.6. The fourth-order valence-electron chi connectivity index (χ4n) is 3.60. The van der Waals surface area contributed by atoms with E-state index in [1.54, 1.807) is 0 Å². The molecule has 2 unspecified atom stereocenters. The highest BCUT2D eigenvalue weighted by atomic mass is 32.1. The summed E-state index contributed by atoms with van der Waals surface area (Å²) in [6.07, 6.45) is 6.21. The molecule has 1 aliphatic rings. The van der Waals surface area contributed by atoms with Crippen LogP contribution >= 0.6 is 12.2 Å². The van der Waals surface area contributed by atoms with E-state index in [2.05, 4.69) is 89.3 Å². The van der Waals surface area contributed by atoms with E-state index in [1.165, 1.54) is 11.1 Å². The van der Waals surface area contributed by atoms with E-state index < -0.39 is 0 Å². The van der Waals surface area contributed by atoms with Crippen LogP contribution in [0.4, 0.5) is 5.69 Å². The SMILES string of the molecule is Cc1ccc(N2C(=S)NC(c3ccccn3)C2c2ccn(C(C)C)c2)cc1. The first-order valence-electron chi connectivity index (χ1n) is 9.29. The number of aromatic nitrogens is 2. The topological polar surface area (TPSA) is 33.1 Å². The number of pyridine rings is 1. The van der Waals surface area contributed by atoms with Gasteiger partial charge in [-0.15, -0.1) is 0 Å². The molecule has 138 valence electrons. The highest BCUT2D eigenvalue weighted by Crippen LogP contribution is 2.41. The van der Waals surface area contributed by atoms with Crippen molar-refractivity contribution in [2.24, 2.45) is 0 Å². The first-order chi connectivity index (χ1) is 13.0. The molecule has 0 aliphatic carbocycles. The predicted octanol–water partition coefficient (Wildman–Crippen LogP) is 4.95. The van der Waals surface area contributed by atoms with Crippen LogP contribution in [0.3, 0.4) is 0 Å². The molecule has 1 aliphatic heterocycles. The van der Waals surface area contributed by atoms with Gasteiger partial charge in [0, 0.05) is 30.3 Å². The minimum absolute atomic E-state index is 0.00279. The molecule has 3 aromatic rings. The molecule has 4 rings (SSSR count). The fraction of sp³-hybridized carbons (Fsp3) is 0.273. The smallest absolute Gasteiger partial charge is 0.174 e. The Balaban J connectivity index is 1.81. The molecule has 0 saturated carbocycles. The lowest BCUT2D eigenvalue weighted by atomic mass is 9.98. The highest BCUT2D eigenvalue weighted by molar-refractivity contribution is 7.80. The summed E-state index contributed by atoms with van der Waals surface area (Å²) in [4.78, 5) is 6.82. The lowest BCUT2D eigenvalue weighted by Gasteiger charge is -2.27. The van der Waals surface area contributed by atoms with Gasteiger partial charge in [0.25, 0.3) is 0 Å². The Labute approximate surface area is 165 Å². The Bertz CT molecular complexity index is 930. The van der Waals surface area contributed by atoms with Crippen LogP contribution in [0.15, 0.2) is 67.1 Å². The maximum Gasteiger partial charge on any atom is 0.174 e. The lowest BCUT2D eigenvalue weighted by Crippen LogP contribution is -2.29. The largest absolute Gasteiger partial charge is 0.351 e. The zero-order valence-electron chi connectivity index (χ0n) is 15.8. The van der Waals surface area contributed by atoms with Crippen molar-refractivity contribution in [3.8, 4) is 0 Å². The quantitative estimate of drug-likeness (QED) is 0.653. The molecule has 1 saturated heterocycles. The average molecular weight is 377 g/mol. The Morgan fingerprint density at radius 2 is 1.85 bits per heavy atom. The third-order valence-corrected chi connectivity index (χ3v) is 5.40. The summed E-state index contributed by atoms with van der Waals surface area (Å²) in [7, 11) is 0. The first-order valence-corrected chi connectivity index (χ1v) is 9.70. The Kier molecular flexibility index (Phi) is 4.70. The van der Waals surface area contributed by atoms with Crippen molar-refractivity contribution in [1.82, 2.24) is 14.9 Å². The summed E-state index contributed by atoms with van der Waals surface area (Å²) >= 11 is 5.75. The van der Waals surface area contributed by atoms with Gasteiger partial charge in [0.2, 0.25) is 0 Å². The van der Waals surface area contributed by atoms with Crippen LogP contribution < -0.4 is 10.2 Å². The van der Waals surface area contributed by atoms with Gasteiger partial charge < -0.3 is 14.8 Å². The van der Waals surface area contributed by atoms with Crippen LogP contribution in [0.2, 0.25) is 0 Å². The molecule has 0 amide bonds. The van der Waals surface area contributed by atoms with Crippen molar-refractivity contribution >= 4 is 23.0 Å². The van der Waals surface area contributed by atoms with Gasteiger partial charge in [0.05, 0.1) is 17.8 Å². The summed E-state index contributed by atoms with van der Waals surface area (Å²) < 4.78 is 2.24. The lowest BCUT2D eigenvalue weighted by molar-refractivity contribution is 0.560. The van der Waals surface area contributed by atoms with E-state index in [0.29, 0.717) is 6.04 Å². The van der Waals surface area contributed by atoms with Gasteiger partial charge in [-0.25, -0.2) is 0 Å². The standard InChI is InChI=1S/C22H24N4S/c1-15(2)25-13-11-17(14-25)21-20(19-6-4-5-12-23-19)24-22(27)26(21)18-9-7-16(3)8-10-18/h4-15,20-21H,1-3H3,(H,24,27). The van der Waals surface area contributed by atoms with Crippen molar-refractivity contribution in [1.29, 1.82) is 0 Å². The number of nitrogens with zero attached hydrogens (tertiary/aromatic N) is 3. The van der Waals surface area contributed by atoms with Crippen molar-refractivity contribution < 1.29 is 0 Å². The van der Waals surface area contributed by atoms with Gasteiger partial charge in [-0.05, 0) is 68.9 Å². The second-order valence-corrected chi connectivity index (χ2v) is 7.70. The molecule has 2 atom stereocenters. The van der Waals surface area contributed by atoms with Gasteiger partial charge in [0.15, 0.2) is 5.11 Å². The third-order valence-electron chi connectivity index (χ3n) is 5.09. The van der Waals surface area contributed by atoms with E-state index in [1.807, 2.05) is 18.3 Å². The van der Waals surface area contributed by atoms with Crippen LogP contribution in [0.5, 0.6) is 0 Å². The number of anilines is 1. The summed E-state index contributed by atoms with van der Waals surface area (Å²) in [6.45, 7) is 6.48.